The van der Waals surface area contributed by atoms with Crippen LogP contribution in [0.2, 0.25) is 0 Å². The summed E-state index contributed by atoms with van der Waals surface area (Å²) >= 11 is 1.45. The van der Waals surface area contributed by atoms with E-state index in [2.05, 4.69) is 0 Å². The minimum atomic E-state index is -1.04. The summed E-state index contributed by atoms with van der Waals surface area (Å²) in [5.41, 5.74) is 0.718. The molecule has 1 aromatic rings. The molecule has 0 spiro atoms. The molecule has 1 heterocycles. The van der Waals surface area contributed by atoms with Crippen molar-refractivity contribution in [1.82, 2.24) is 4.90 Å². The highest BCUT2D eigenvalue weighted by Gasteiger charge is 2.42. The van der Waals surface area contributed by atoms with Gasteiger partial charge in [-0.25, -0.2) is 9.18 Å². The van der Waals surface area contributed by atoms with Gasteiger partial charge in [-0.15, -0.1) is 11.8 Å². The number of nitrogens with zero attached hydrogens (tertiary/aromatic N) is 1. The van der Waals surface area contributed by atoms with Crippen LogP contribution in [-0.2, 0) is 4.79 Å². The maximum atomic E-state index is 13.9. The van der Waals surface area contributed by atoms with E-state index in [0.29, 0.717) is 12.2 Å². The van der Waals surface area contributed by atoms with E-state index < -0.39 is 23.7 Å². The molecule has 21 heavy (non-hydrogen) atoms. The largest absolute Gasteiger partial charge is 0.480 e. The van der Waals surface area contributed by atoms with Crippen molar-refractivity contribution in [2.24, 2.45) is 0 Å². The van der Waals surface area contributed by atoms with E-state index in [1.54, 1.807) is 13.0 Å². The first-order chi connectivity index (χ1) is 9.95. The first kappa shape index (κ1) is 15.8. The molecule has 1 aromatic carbocycles. The van der Waals surface area contributed by atoms with Gasteiger partial charge in [0.2, 0.25) is 0 Å². The van der Waals surface area contributed by atoms with Gasteiger partial charge in [-0.2, -0.15) is 0 Å². The van der Waals surface area contributed by atoms with E-state index >= 15 is 0 Å². The summed E-state index contributed by atoms with van der Waals surface area (Å²) in [5, 5.41) is 9.08. The maximum Gasteiger partial charge on any atom is 0.327 e. The van der Waals surface area contributed by atoms with Crippen LogP contribution < -0.4 is 0 Å². The van der Waals surface area contributed by atoms with Crippen molar-refractivity contribution in [1.29, 1.82) is 0 Å². The third-order valence-corrected chi connectivity index (χ3v) is 4.86. The lowest BCUT2D eigenvalue weighted by Gasteiger charge is -2.27. The molecule has 0 aliphatic carbocycles. The highest BCUT2D eigenvalue weighted by Crippen LogP contribution is 2.34. The second-order valence-electron chi connectivity index (χ2n) is 5.13. The van der Waals surface area contributed by atoms with Crippen LogP contribution in [0, 0.1) is 12.7 Å². The van der Waals surface area contributed by atoms with Crippen molar-refractivity contribution in [2.75, 3.05) is 5.75 Å². The number of benzene rings is 1. The number of hydrogen-bond acceptors (Lipinski definition) is 3. The number of carboxylic acids is 1. The lowest BCUT2D eigenvalue weighted by molar-refractivity contribution is -0.141. The van der Waals surface area contributed by atoms with E-state index in [1.165, 1.54) is 28.8 Å². The van der Waals surface area contributed by atoms with Gasteiger partial charge >= 0.3 is 5.97 Å². The van der Waals surface area contributed by atoms with Gasteiger partial charge in [0.05, 0.1) is 10.9 Å². The van der Waals surface area contributed by atoms with Gasteiger partial charge < -0.3 is 10.0 Å². The molecule has 0 saturated carbocycles. The van der Waals surface area contributed by atoms with Gasteiger partial charge in [-0.05, 0) is 25.5 Å². The molecule has 0 aromatic heterocycles. The van der Waals surface area contributed by atoms with Crippen LogP contribution in [0.25, 0.3) is 0 Å². The minimum Gasteiger partial charge on any atom is -0.480 e. The first-order valence-electron chi connectivity index (χ1n) is 6.89. The maximum absolute atomic E-state index is 13.9. The van der Waals surface area contributed by atoms with Crippen LogP contribution in [-0.4, -0.2) is 39.1 Å². The van der Waals surface area contributed by atoms with E-state index in [4.69, 9.17) is 0 Å². The topological polar surface area (TPSA) is 57.6 Å². The number of amides is 1. The highest BCUT2D eigenvalue weighted by molar-refractivity contribution is 8.00. The Morgan fingerprint density at radius 1 is 1.48 bits per heavy atom. The van der Waals surface area contributed by atoms with Gasteiger partial charge in [-0.3, -0.25) is 4.79 Å². The molecule has 2 atom stereocenters. The zero-order valence-electron chi connectivity index (χ0n) is 12.0. The van der Waals surface area contributed by atoms with E-state index in [1.807, 2.05) is 6.92 Å². The Morgan fingerprint density at radius 3 is 2.81 bits per heavy atom. The number of carbonyl (C=O) groups is 2. The average Bonchev–Trinajstić information content (AvgIpc) is 2.85. The molecule has 0 radical (unpaired) electrons. The molecule has 1 saturated heterocycles. The van der Waals surface area contributed by atoms with Gasteiger partial charge in [0.1, 0.15) is 11.9 Å². The van der Waals surface area contributed by atoms with Crippen LogP contribution in [0.4, 0.5) is 4.39 Å². The van der Waals surface area contributed by atoms with Gasteiger partial charge in [-0.1, -0.05) is 25.0 Å². The molecule has 1 aliphatic rings. The quantitative estimate of drug-likeness (QED) is 0.929. The summed E-state index contributed by atoms with van der Waals surface area (Å²) in [4.78, 5) is 25.3. The average molecular weight is 311 g/mol. The monoisotopic (exact) mass is 311 g/mol. The molecule has 1 N–H and O–H groups in total. The van der Waals surface area contributed by atoms with Crippen LogP contribution in [0.3, 0.4) is 0 Å². The van der Waals surface area contributed by atoms with Crippen molar-refractivity contribution < 1.29 is 19.1 Å². The number of carboxylic acid groups (broad SMARTS) is 1. The molecular weight excluding hydrogens is 293 g/mol. The molecule has 114 valence electrons. The molecular formula is C15H18FNO3S. The Morgan fingerprint density at radius 2 is 2.19 bits per heavy atom. The van der Waals surface area contributed by atoms with Crippen LogP contribution in [0.1, 0.15) is 35.7 Å². The fraction of sp³-hybridized carbons (Fsp3) is 0.467. The fourth-order valence-electron chi connectivity index (χ4n) is 2.44. The third-order valence-electron chi connectivity index (χ3n) is 3.50. The normalized spacial score (nSPS) is 21.6. The van der Waals surface area contributed by atoms with Crippen LogP contribution in [0.15, 0.2) is 18.2 Å². The summed E-state index contributed by atoms with van der Waals surface area (Å²) in [6.45, 7) is 3.75. The summed E-state index contributed by atoms with van der Waals surface area (Å²) in [5.74, 6) is -1.84. The van der Waals surface area contributed by atoms with Crippen LogP contribution in [0.5, 0.6) is 0 Å². The molecule has 1 aliphatic heterocycles. The van der Waals surface area contributed by atoms with Crippen molar-refractivity contribution in [3.8, 4) is 0 Å². The van der Waals surface area contributed by atoms with Gasteiger partial charge in [0, 0.05) is 5.75 Å². The number of thioether (sulfide) groups is 1. The Bertz CT molecular complexity index is 564. The van der Waals surface area contributed by atoms with Crippen LogP contribution >= 0.6 is 11.8 Å². The van der Waals surface area contributed by atoms with Crippen molar-refractivity contribution in [3.63, 3.8) is 0 Å². The Labute approximate surface area is 127 Å². The molecule has 0 bridgehead atoms. The second kappa shape index (κ2) is 6.47. The molecule has 1 fully saturated rings. The zero-order chi connectivity index (χ0) is 15.6. The van der Waals surface area contributed by atoms with E-state index in [9.17, 15) is 19.1 Å². The summed E-state index contributed by atoms with van der Waals surface area (Å²) in [6, 6.07) is 3.42. The predicted molar refractivity (Wildman–Crippen MR) is 79.9 cm³/mol. The van der Waals surface area contributed by atoms with E-state index in [-0.39, 0.29) is 10.9 Å². The highest BCUT2D eigenvalue weighted by atomic mass is 32.2. The molecule has 2 unspecified atom stereocenters. The summed E-state index contributed by atoms with van der Waals surface area (Å²) in [7, 11) is 0. The molecule has 6 heteroatoms. The van der Waals surface area contributed by atoms with Gasteiger partial charge in [0.15, 0.2) is 0 Å². The Balaban J connectivity index is 2.36. The lowest BCUT2D eigenvalue weighted by atomic mass is 10.1. The number of halogens is 1. The Kier molecular flexibility index (Phi) is 4.88. The SMILES string of the molecule is CCCC1SCC(C(=O)O)N1C(=O)c1cc(C)ccc1F. The number of aliphatic carboxylic acids is 1. The number of rotatable bonds is 4. The number of hydrogen-bond donors (Lipinski definition) is 1. The molecule has 2 rings (SSSR count). The minimum absolute atomic E-state index is 0.0511. The van der Waals surface area contributed by atoms with Crippen molar-refractivity contribution >= 4 is 23.6 Å². The fourth-order valence-corrected chi connectivity index (χ4v) is 3.95. The van der Waals surface area contributed by atoms with E-state index in [0.717, 1.165) is 12.0 Å². The first-order valence-corrected chi connectivity index (χ1v) is 7.93. The predicted octanol–water partition coefficient (Wildman–Crippen LogP) is 2.90. The zero-order valence-corrected chi connectivity index (χ0v) is 12.8. The summed E-state index contributed by atoms with van der Waals surface area (Å²) in [6.07, 6.45) is 1.54. The number of aryl methyl sites for hydroxylation is 1. The standard InChI is InChI=1S/C15H18FNO3S/c1-3-4-13-17(12(8-21-13)15(19)20)14(18)10-7-9(2)5-6-11(10)16/h5-7,12-13H,3-4,8H2,1-2H3,(H,19,20). The number of carbonyl (C=O) groups excluding carboxylic acids is 1. The lowest BCUT2D eigenvalue weighted by Crippen LogP contribution is -2.45. The smallest absolute Gasteiger partial charge is 0.327 e. The molecule has 1 amide bonds. The third kappa shape index (κ3) is 3.20. The summed E-state index contributed by atoms with van der Waals surface area (Å²) < 4.78 is 13.9. The van der Waals surface area contributed by atoms with Crippen molar-refractivity contribution in [3.05, 3.63) is 35.1 Å². The second-order valence-corrected chi connectivity index (χ2v) is 6.34. The van der Waals surface area contributed by atoms with Gasteiger partial charge in [0.25, 0.3) is 5.91 Å². The Hall–Kier alpha value is -1.56. The molecule has 4 nitrogen and oxygen atoms in total. The van der Waals surface area contributed by atoms with Crippen molar-refractivity contribution in [2.45, 2.75) is 38.1 Å².